The van der Waals surface area contributed by atoms with Gasteiger partial charge in [-0.15, -0.1) is 90.7 Å². The van der Waals surface area contributed by atoms with Crippen LogP contribution in [0.2, 0.25) is 0 Å². The summed E-state index contributed by atoms with van der Waals surface area (Å²) in [6.45, 7) is 34.6. The molecule has 0 saturated carbocycles. The lowest BCUT2D eigenvalue weighted by molar-refractivity contribution is -0.115. The predicted octanol–water partition coefficient (Wildman–Crippen LogP) is 24.7. The summed E-state index contributed by atoms with van der Waals surface area (Å²) in [7, 11) is -0.369. The molecule has 5 amide bonds. The van der Waals surface area contributed by atoms with Gasteiger partial charge in [-0.05, 0) is 310 Å². The van der Waals surface area contributed by atoms with Gasteiger partial charge in [-0.1, -0.05) is 82.3 Å². The lowest BCUT2D eigenvalue weighted by Gasteiger charge is -2.32. The lowest BCUT2D eigenvalue weighted by Crippen LogP contribution is -2.41. The largest absolute Gasteiger partial charge is 0.494 e. The number of aryl methyl sites for hydroxylation is 3. The zero-order chi connectivity index (χ0) is 99.3. The fraction of sp³-hybridized carbons (Fsp3) is 0.245. The number of hydrogen-bond donors (Lipinski definition) is 11. The van der Waals surface area contributed by atoms with Crippen LogP contribution in [-0.4, -0.2) is 153 Å². The van der Waals surface area contributed by atoms with Gasteiger partial charge in [0.2, 0.25) is 11.8 Å². The highest BCUT2D eigenvalue weighted by molar-refractivity contribution is 9.11. The molecule has 1 fully saturated rings. The van der Waals surface area contributed by atoms with E-state index in [1.165, 1.54) is 53.2 Å². The quantitative estimate of drug-likeness (QED) is 0.0161. The number of carbonyl (C=O) groups excluding carboxylic acids is 6. The van der Waals surface area contributed by atoms with Gasteiger partial charge in [-0.25, -0.2) is 9.59 Å². The van der Waals surface area contributed by atoms with Crippen LogP contribution in [0, 0.1) is 41.5 Å². The third-order valence-corrected chi connectivity index (χ3v) is 33.9. The maximum absolute atomic E-state index is 13.0. The molecule has 718 valence electrons. The molecule has 20 rings (SSSR count). The van der Waals surface area contributed by atoms with Gasteiger partial charge in [-0.3, -0.25) is 28.8 Å². The molecule has 16 heterocycles. The first-order chi connectivity index (χ1) is 66.7. The van der Waals surface area contributed by atoms with E-state index < -0.39 is 11.9 Å². The van der Waals surface area contributed by atoms with E-state index in [1.807, 2.05) is 102 Å². The molecule has 0 radical (unpaired) electrons. The number of likely N-dealkylation sites (N-methyl/N-ethyl adjacent to an activating group) is 2. The number of nitrogens with one attached hydrogen (secondary N) is 8. The summed E-state index contributed by atoms with van der Waals surface area (Å²) in [5.41, 5.74) is 23.9. The van der Waals surface area contributed by atoms with Crippen molar-refractivity contribution in [3.8, 4) is 70.3 Å². The average molecular weight is 2080 g/mol. The number of hydrogen-bond acceptors (Lipinski definition) is 21. The van der Waals surface area contributed by atoms with Gasteiger partial charge in [-0.2, -0.15) is 0 Å². The van der Waals surface area contributed by atoms with Gasteiger partial charge >= 0.3 is 19.1 Å². The second-order valence-electron chi connectivity index (χ2n) is 34.2. The molecule has 11 aromatic heterocycles. The number of carbonyl (C=O) groups is 8. The van der Waals surface area contributed by atoms with E-state index in [2.05, 4.69) is 232 Å². The zero-order valence-electron chi connectivity index (χ0n) is 79.4. The molecule has 1 saturated heterocycles. The van der Waals surface area contributed by atoms with Crippen molar-refractivity contribution in [2.45, 2.75) is 121 Å². The van der Waals surface area contributed by atoms with Gasteiger partial charge in [0.1, 0.15) is 0 Å². The smallest absolute Gasteiger partial charge is 0.478 e. The molecule has 139 heavy (non-hydrogen) atoms. The van der Waals surface area contributed by atoms with Crippen molar-refractivity contribution in [2.24, 2.45) is 5.73 Å². The molecule has 0 spiro atoms. The summed E-state index contributed by atoms with van der Waals surface area (Å²) in [5.74, 6) is -2.28. The van der Waals surface area contributed by atoms with E-state index in [9.17, 15) is 43.5 Å². The minimum absolute atomic E-state index is 0.0427. The van der Waals surface area contributed by atoms with Crippen LogP contribution in [-0.2, 0) is 41.3 Å². The number of carboxylic acid groups (broad SMARTS) is 2. The van der Waals surface area contributed by atoms with E-state index in [0.717, 1.165) is 134 Å². The van der Waals surface area contributed by atoms with Crippen LogP contribution in [0.3, 0.4) is 0 Å². The number of benzene rings is 4. The number of halogens is 1. The second-order valence-corrected chi connectivity index (χ2v) is 43.7. The van der Waals surface area contributed by atoms with E-state index in [0.29, 0.717) is 76.3 Å². The van der Waals surface area contributed by atoms with Crippen LogP contribution in [0.25, 0.3) is 93.6 Å². The number of amides is 5. The van der Waals surface area contributed by atoms with Crippen LogP contribution in [0.15, 0.2) is 195 Å². The molecule has 4 aromatic carbocycles. The molecule has 0 unspecified atom stereocenters. The SMILES string of the molecule is Brc1ccc(-c2cccs2)s1.CC1(C)OB(c2ccc3c(c2)CC(=O)N3)OC1(C)C.CCN(CC)CCN.CCN(CC)CCNC(=O)c1c(C)[nH]c(/C=C2\C(=O)Nc3ccc(-c4ccc(-c5cccs5)s4)cc32)c1C.Cc1[nH]c(/C=C2\C(=O)Nc3ccc(-c4ccc(-c5cccs5)s4)cc32)c(C)c1C(=O)O.Cc1[nH]c(C=O)c(C)c1C(=O)O.O=C1Cc2cc(-c3ccc(-c4cccs4)s3)ccc2N1. The van der Waals surface area contributed by atoms with Gasteiger partial charge < -0.3 is 76.6 Å². The van der Waals surface area contributed by atoms with Gasteiger partial charge in [0.05, 0.1) is 61.4 Å². The molecular formula is C106H109BBrN11O12S8. The molecule has 15 aromatic rings. The fourth-order valence-corrected chi connectivity index (χ4v) is 24.1. The summed E-state index contributed by atoms with van der Waals surface area (Å²) in [6.07, 6.45) is 5.15. The number of aldehydes is 1. The lowest BCUT2D eigenvalue weighted by atomic mass is 9.78. The van der Waals surface area contributed by atoms with Crippen molar-refractivity contribution < 1.29 is 57.9 Å². The van der Waals surface area contributed by atoms with E-state index in [1.54, 1.807) is 124 Å². The topological polar surface area (TPSA) is 335 Å². The normalized spacial score (nSPS) is 14.3. The van der Waals surface area contributed by atoms with E-state index in [4.69, 9.17) is 20.1 Å². The highest BCUT2D eigenvalue weighted by Gasteiger charge is 2.52. The van der Waals surface area contributed by atoms with E-state index in [-0.39, 0.29) is 59.0 Å². The standard InChI is InChI=1S/C30H32N4O2S2.C24H18N2O3S2.C16H11NOS2.C14H18BNO3.C8H5BrS2.C8H9NO3.C6H16N2/c1-5-34(6-2)14-13-31-30(36)28-18(3)24(32-19(28)4)17-22-21-16-20(9-10-23(21)33-29(22)35)25-11-12-27(38-25)26-8-7-15-37-26;1-12-18(25-13(2)22(12)24(28)29)11-16-15-10-14(5-6-17(15)26-23(16)27)19-7-8-21(31-19)20-4-3-9-30-20;18-16-9-11-8-10(3-4-12(11)17-16)13-5-6-15(20-13)14-2-1-7-19-14;1-13(2)14(3,4)19-15(18-13)10-5-6-11-9(7-10)8-12(17)16-11;9-8-4-3-7(11-8)6-2-1-5-10-6;1-4-6(3-10)9-5(2)7(4)8(11)12;1-3-8(4-2)6-5-7/h7-12,15-17,32H,5-6,13-14H2,1-4H3,(H,31,36)(H,33,35);3-11,25H,1-2H3,(H,26,27)(H,28,29);1-8H,9H2,(H,17,18);5-7H,8H2,1-4H3,(H,16,17);1-5H;3,9H,1-2H3,(H,11,12);3-7H2,1-2H3/b22-17-;16-11-;;;;;. The number of aromatic nitrogens is 3. The summed E-state index contributed by atoms with van der Waals surface area (Å²) < 4.78 is 13.2. The first-order valence-electron chi connectivity index (χ1n) is 45.4. The fourth-order valence-electron chi connectivity index (χ4n) is 16.4. The average Bonchev–Trinajstić information content (AvgIpc) is 1.62. The number of fused-ring (bicyclic) bond motifs is 4. The third kappa shape index (κ3) is 24.4. The summed E-state index contributed by atoms with van der Waals surface area (Å²) in [6, 6.07) is 58.0. The zero-order valence-corrected chi connectivity index (χ0v) is 87.6. The van der Waals surface area contributed by atoms with Crippen molar-refractivity contribution in [2.75, 3.05) is 73.6 Å². The third-order valence-electron chi connectivity index (χ3n) is 24.6. The Balaban J connectivity index is 0.000000137. The Labute approximate surface area is 849 Å². The summed E-state index contributed by atoms with van der Waals surface area (Å²) in [4.78, 5) is 121. The van der Waals surface area contributed by atoms with Crippen molar-refractivity contribution in [1.29, 1.82) is 0 Å². The Bertz CT molecular complexity index is 7020. The Morgan fingerprint density at radius 1 is 0.453 bits per heavy atom. The molecular weight excluding hydrogens is 1970 g/mol. The number of aromatic carboxylic acids is 2. The molecule has 0 aliphatic carbocycles. The number of nitrogens with zero attached hydrogens (tertiary/aromatic N) is 2. The molecule has 23 nitrogen and oxygen atoms in total. The van der Waals surface area contributed by atoms with Crippen LogP contribution < -0.4 is 37.8 Å². The number of carboxylic acids is 2. The molecule has 0 atom stereocenters. The molecule has 5 aliphatic heterocycles. The van der Waals surface area contributed by atoms with Gasteiger partial charge in [0.15, 0.2) is 6.29 Å². The Morgan fingerprint density at radius 3 is 1.19 bits per heavy atom. The summed E-state index contributed by atoms with van der Waals surface area (Å²) >= 11 is 17.5. The maximum atomic E-state index is 13.0. The van der Waals surface area contributed by atoms with Crippen LogP contribution in [0.1, 0.15) is 164 Å². The van der Waals surface area contributed by atoms with Gasteiger partial charge in [0, 0.05) is 142 Å². The number of anilines is 4. The van der Waals surface area contributed by atoms with E-state index >= 15 is 0 Å². The maximum Gasteiger partial charge on any atom is 0.494 e. The second kappa shape index (κ2) is 46.0. The summed E-state index contributed by atoms with van der Waals surface area (Å²) in [5, 5.41) is 41.2. The van der Waals surface area contributed by atoms with Crippen LogP contribution in [0.5, 0.6) is 0 Å². The number of H-pyrrole nitrogens is 3. The van der Waals surface area contributed by atoms with Crippen LogP contribution in [0.4, 0.5) is 22.7 Å². The molecule has 5 aliphatic rings. The minimum Gasteiger partial charge on any atom is -0.478 e. The number of aromatic amines is 3. The Kier molecular flexibility index (Phi) is 34.1. The van der Waals surface area contributed by atoms with Crippen molar-refractivity contribution in [1.82, 2.24) is 30.1 Å². The Morgan fingerprint density at radius 2 is 0.820 bits per heavy atom. The first-order valence-corrected chi connectivity index (χ1v) is 53.0. The number of nitrogens with two attached hydrogens (primary N) is 1. The molecule has 0 bridgehead atoms. The van der Waals surface area contributed by atoms with Gasteiger partial charge in [0.25, 0.3) is 17.7 Å². The monoisotopic (exact) mass is 2070 g/mol. The van der Waals surface area contributed by atoms with Crippen molar-refractivity contribution in [3.05, 3.63) is 285 Å². The number of rotatable bonds is 23. The first kappa shape index (κ1) is 103. The predicted molar refractivity (Wildman–Crippen MR) is 581 cm³/mol. The number of thiophene rings is 8. The van der Waals surface area contributed by atoms with Crippen molar-refractivity contribution >= 4 is 213 Å². The molecule has 33 heteroatoms. The Hall–Kier alpha value is -11.9. The highest BCUT2D eigenvalue weighted by atomic mass is 79.9. The minimum atomic E-state index is -1.01. The molecule has 12 N–H and O–H groups in total. The van der Waals surface area contributed by atoms with Crippen molar-refractivity contribution in [3.63, 3.8) is 0 Å². The highest BCUT2D eigenvalue weighted by Crippen LogP contribution is 2.46. The van der Waals surface area contributed by atoms with Crippen LogP contribution >= 0.6 is 107 Å².